The third-order valence-corrected chi connectivity index (χ3v) is 7.05. The molecule has 4 unspecified atom stereocenters. The van der Waals surface area contributed by atoms with Crippen molar-refractivity contribution in [3.8, 4) is 5.75 Å². The zero-order chi connectivity index (χ0) is 26.6. The van der Waals surface area contributed by atoms with E-state index < -0.39 is 23.8 Å². The largest absolute Gasteiger partial charge is 0.490 e. The molecule has 37 heavy (non-hydrogen) atoms. The van der Waals surface area contributed by atoms with Crippen LogP contribution in [0.2, 0.25) is 5.02 Å². The smallest absolute Gasteiger partial charge is 0.197 e. The molecule has 0 radical (unpaired) electrons. The van der Waals surface area contributed by atoms with Crippen molar-refractivity contribution in [2.45, 2.75) is 49.8 Å². The Labute approximate surface area is 221 Å². The summed E-state index contributed by atoms with van der Waals surface area (Å²) in [5.41, 5.74) is 3.30. The molecule has 0 aromatic heterocycles. The Hall–Kier alpha value is -2.68. The molecule has 1 saturated heterocycles. The Bertz CT molecular complexity index is 1160. The van der Waals surface area contributed by atoms with Gasteiger partial charge in [0.1, 0.15) is 18.5 Å². The van der Waals surface area contributed by atoms with Crippen molar-refractivity contribution in [2.24, 2.45) is 0 Å². The second-order valence-electron chi connectivity index (χ2n) is 9.32. The van der Waals surface area contributed by atoms with E-state index in [0.717, 1.165) is 16.7 Å². The van der Waals surface area contributed by atoms with Crippen LogP contribution in [0.5, 0.6) is 5.75 Å². The molecular weight excluding hydrogens is 499 g/mol. The number of hydrogen-bond donors (Lipinski definition) is 2. The van der Waals surface area contributed by atoms with Crippen molar-refractivity contribution in [1.29, 1.82) is 0 Å². The standard InChI is InChI=1S/C29H32ClFO6/c1-4-20-13-26(36-28(20)18(2)31)17-35-24-8-5-19(6-9-24)11-21-12-22(7-10-27(21)30)29(34-3)15-23(33)14-25(16-32)37-29/h4-10,12,23,25-26,32-33H,1-2,11,13-17H2,3H3. The van der Waals surface area contributed by atoms with Crippen LogP contribution in [0.25, 0.3) is 0 Å². The summed E-state index contributed by atoms with van der Waals surface area (Å²) >= 11 is 6.52. The number of aliphatic hydroxyl groups excluding tert-OH is 2. The van der Waals surface area contributed by atoms with E-state index in [1.165, 1.54) is 7.11 Å². The molecule has 2 aromatic rings. The van der Waals surface area contributed by atoms with Crippen molar-refractivity contribution in [3.63, 3.8) is 0 Å². The maximum absolute atomic E-state index is 13.5. The van der Waals surface area contributed by atoms with Crippen LogP contribution in [0.15, 0.2) is 78.9 Å². The van der Waals surface area contributed by atoms with Crippen LogP contribution in [0.3, 0.4) is 0 Å². The Morgan fingerprint density at radius 3 is 2.62 bits per heavy atom. The van der Waals surface area contributed by atoms with Crippen LogP contribution >= 0.6 is 11.6 Å². The van der Waals surface area contributed by atoms with Gasteiger partial charge in [0.15, 0.2) is 17.4 Å². The maximum Gasteiger partial charge on any atom is 0.197 e. The maximum atomic E-state index is 13.5. The molecule has 4 rings (SSSR count). The quantitative estimate of drug-likeness (QED) is 0.431. The monoisotopic (exact) mass is 530 g/mol. The second kappa shape index (κ2) is 11.8. The summed E-state index contributed by atoms with van der Waals surface area (Å²) in [5, 5.41) is 20.6. The number of hydrogen-bond acceptors (Lipinski definition) is 6. The predicted octanol–water partition coefficient (Wildman–Crippen LogP) is 5.35. The van der Waals surface area contributed by atoms with Gasteiger partial charge in [-0.25, -0.2) is 4.39 Å². The van der Waals surface area contributed by atoms with Crippen molar-refractivity contribution in [3.05, 3.63) is 101 Å². The molecule has 6 nitrogen and oxygen atoms in total. The van der Waals surface area contributed by atoms with Gasteiger partial charge in [0.25, 0.3) is 0 Å². The van der Waals surface area contributed by atoms with Gasteiger partial charge in [-0.2, -0.15) is 0 Å². The molecule has 8 heteroatoms. The van der Waals surface area contributed by atoms with Gasteiger partial charge in [-0.1, -0.05) is 49.0 Å². The summed E-state index contributed by atoms with van der Waals surface area (Å²) in [6.07, 6.45) is 1.76. The average Bonchev–Trinajstić information content (AvgIpc) is 3.33. The highest BCUT2D eigenvalue weighted by Crippen LogP contribution is 2.40. The number of halogens is 2. The van der Waals surface area contributed by atoms with E-state index in [4.69, 9.17) is 30.5 Å². The van der Waals surface area contributed by atoms with Gasteiger partial charge in [-0.3, -0.25) is 0 Å². The molecule has 0 spiro atoms. The van der Waals surface area contributed by atoms with Crippen LogP contribution in [0.1, 0.15) is 36.0 Å². The molecule has 198 valence electrons. The first-order valence-corrected chi connectivity index (χ1v) is 12.5. The number of methoxy groups -OCH3 is 1. The predicted molar refractivity (Wildman–Crippen MR) is 139 cm³/mol. The molecule has 1 fully saturated rings. The molecule has 2 heterocycles. The van der Waals surface area contributed by atoms with Gasteiger partial charge in [0.05, 0.1) is 18.8 Å². The average molecular weight is 531 g/mol. The molecule has 0 amide bonds. The van der Waals surface area contributed by atoms with Crippen molar-refractivity contribution < 1.29 is 33.6 Å². The van der Waals surface area contributed by atoms with E-state index in [9.17, 15) is 14.6 Å². The number of ether oxygens (including phenoxy) is 4. The highest BCUT2D eigenvalue weighted by Gasteiger charge is 2.43. The van der Waals surface area contributed by atoms with Gasteiger partial charge < -0.3 is 29.2 Å². The highest BCUT2D eigenvalue weighted by atomic mass is 35.5. The number of rotatable bonds is 10. The van der Waals surface area contributed by atoms with E-state index in [1.54, 1.807) is 12.1 Å². The summed E-state index contributed by atoms with van der Waals surface area (Å²) in [5.74, 6) is -0.967. The van der Waals surface area contributed by atoms with Crippen molar-refractivity contribution >= 4 is 11.6 Å². The number of allylic oxidation sites excluding steroid dienone is 2. The van der Waals surface area contributed by atoms with Gasteiger partial charge in [-0.15, -0.1) is 0 Å². The third-order valence-electron chi connectivity index (χ3n) is 6.69. The zero-order valence-corrected chi connectivity index (χ0v) is 21.5. The minimum Gasteiger partial charge on any atom is -0.490 e. The first-order valence-electron chi connectivity index (χ1n) is 12.2. The van der Waals surface area contributed by atoms with Crippen LogP contribution in [-0.4, -0.2) is 48.8 Å². The Kier molecular flexibility index (Phi) is 8.72. The van der Waals surface area contributed by atoms with Gasteiger partial charge in [0, 0.05) is 42.5 Å². The normalized spacial score (nSPS) is 25.6. The molecule has 0 saturated carbocycles. The van der Waals surface area contributed by atoms with Gasteiger partial charge in [-0.05, 0) is 41.8 Å². The molecular formula is C29H32ClFO6. The molecule has 2 aliphatic rings. The fraction of sp³-hybridized carbons (Fsp3) is 0.379. The summed E-state index contributed by atoms with van der Waals surface area (Å²) in [7, 11) is 1.53. The summed E-state index contributed by atoms with van der Waals surface area (Å²) in [6, 6.07) is 13.1. The minimum atomic E-state index is -1.17. The third kappa shape index (κ3) is 6.25. The van der Waals surface area contributed by atoms with Gasteiger partial charge >= 0.3 is 0 Å². The number of aliphatic hydroxyl groups is 2. The SMILES string of the molecule is C=CC1=C(C(=C)F)OC(COc2ccc(Cc3cc(C4(OC)CC(O)CC(CO)O4)ccc3Cl)cc2)C1. The lowest BCUT2D eigenvalue weighted by atomic mass is 9.91. The molecule has 0 bridgehead atoms. The first kappa shape index (κ1) is 27.4. The lowest BCUT2D eigenvalue weighted by Gasteiger charge is -2.42. The van der Waals surface area contributed by atoms with E-state index in [1.807, 2.05) is 36.4 Å². The van der Waals surface area contributed by atoms with E-state index in [2.05, 4.69) is 13.2 Å². The van der Waals surface area contributed by atoms with Crippen LogP contribution in [0, 0.1) is 0 Å². The fourth-order valence-electron chi connectivity index (χ4n) is 4.80. The molecule has 4 atom stereocenters. The lowest BCUT2D eigenvalue weighted by Crippen LogP contribution is -2.46. The van der Waals surface area contributed by atoms with Crippen LogP contribution < -0.4 is 4.74 Å². The second-order valence-corrected chi connectivity index (χ2v) is 9.73. The fourth-order valence-corrected chi connectivity index (χ4v) is 4.98. The summed E-state index contributed by atoms with van der Waals surface area (Å²) < 4.78 is 36.8. The Morgan fingerprint density at radius 1 is 1.24 bits per heavy atom. The summed E-state index contributed by atoms with van der Waals surface area (Å²) in [6.45, 7) is 7.06. The Morgan fingerprint density at radius 2 is 2.00 bits per heavy atom. The highest BCUT2D eigenvalue weighted by molar-refractivity contribution is 6.31. The zero-order valence-electron chi connectivity index (χ0n) is 20.8. The first-order chi connectivity index (χ1) is 17.8. The summed E-state index contributed by atoms with van der Waals surface area (Å²) in [4.78, 5) is 0. The topological polar surface area (TPSA) is 77.4 Å². The van der Waals surface area contributed by atoms with Crippen LogP contribution in [0.4, 0.5) is 4.39 Å². The molecule has 2 N–H and O–H groups in total. The lowest BCUT2D eigenvalue weighted by molar-refractivity contribution is -0.298. The van der Waals surface area contributed by atoms with Crippen LogP contribution in [-0.2, 0) is 26.4 Å². The molecule has 0 aliphatic carbocycles. The molecule has 2 aliphatic heterocycles. The van der Waals surface area contributed by atoms with E-state index in [-0.39, 0.29) is 31.5 Å². The van der Waals surface area contributed by atoms with E-state index >= 15 is 0 Å². The Balaban J connectivity index is 1.42. The number of benzene rings is 2. The molecule has 2 aromatic carbocycles. The van der Waals surface area contributed by atoms with Gasteiger partial charge in [0.2, 0.25) is 0 Å². The van der Waals surface area contributed by atoms with Crippen molar-refractivity contribution in [1.82, 2.24) is 0 Å². The van der Waals surface area contributed by atoms with Crippen molar-refractivity contribution in [2.75, 3.05) is 20.3 Å². The minimum absolute atomic E-state index is 0.147. The van der Waals surface area contributed by atoms with E-state index in [0.29, 0.717) is 35.6 Å².